The zero-order chi connectivity index (χ0) is 29.1. The number of rotatable bonds is 5. The van der Waals surface area contributed by atoms with E-state index in [0.29, 0.717) is 12.1 Å². The van der Waals surface area contributed by atoms with Gasteiger partial charge in [0.25, 0.3) is 0 Å². The number of hydrogen-bond acceptors (Lipinski definition) is 4. The van der Waals surface area contributed by atoms with E-state index in [9.17, 15) is 43.9 Å². The van der Waals surface area contributed by atoms with E-state index in [1.54, 1.807) is 0 Å². The number of sulfone groups is 1. The van der Waals surface area contributed by atoms with Crippen molar-refractivity contribution in [3.05, 3.63) is 63.7 Å². The van der Waals surface area contributed by atoms with Gasteiger partial charge in [0, 0.05) is 28.6 Å². The second-order valence-corrected chi connectivity index (χ2v) is 12.2. The van der Waals surface area contributed by atoms with Gasteiger partial charge in [-0.25, -0.2) is 12.8 Å². The van der Waals surface area contributed by atoms with Gasteiger partial charge in [-0.2, -0.15) is 26.3 Å². The molecule has 5 nitrogen and oxygen atoms in total. The van der Waals surface area contributed by atoms with Crippen LogP contribution in [0, 0.1) is 6.92 Å². The molecule has 2 aromatic rings. The molecular weight excluding hydrogens is 565 g/mol. The first kappa shape index (κ1) is 29.9. The van der Waals surface area contributed by atoms with Gasteiger partial charge >= 0.3 is 18.0 Å². The van der Waals surface area contributed by atoms with E-state index < -0.39 is 57.0 Å². The molecule has 1 aliphatic heterocycles. The lowest BCUT2D eigenvalue weighted by Gasteiger charge is -2.35. The SMILES string of the molecule is Cc1cc(C(F)(C(F)(F)F)C(F)(F)F)ccc1N1CC(=O)c2cccc(Cl)c2C1=NC(C)(C)CS(C)(=O)=O. The zero-order valence-electron chi connectivity index (χ0n) is 20.4. The summed E-state index contributed by atoms with van der Waals surface area (Å²) in [6.07, 6.45) is -11.6. The first-order valence-electron chi connectivity index (χ1n) is 10.9. The monoisotopic (exact) mass is 586 g/mol. The molecule has 2 aromatic carbocycles. The molecule has 208 valence electrons. The summed E-state index contributed by atoms with van der Waals surface area (Å²) in [6, 6.07) is 5.97. The number of carbonyl (C=O) groups excluding carboxylic acids is 1. The number of Topliss-reactive ketones (excluding diaryl/α,β-unsaturated/α-hetero) is 1. The average Bonchev–Trinajstić information content (AvgIpc) is 2.71. The predicted octanol–water partition coefficient (Wildman–Crippen LogP) is 6.21. The Balaban J connectivity index is 2.26. The molecular formula is C24H22ClF7N2O3S. The number of ketones is 1. The van der Waals surface area contributed by atoms with Crippen molar-refractivity contribution >= 4 is 38.7 Å². The third kappa shape index (κ3) is 5.54. The van der Waals surface area contributed by atoms with Crippen LogP contribution < -0.4 is 4.90 Å². The van der Waals surface area contributed by atoms with E-state index in [4.69, 9.17) is 11.6 Å². The number of nitrogens with zero attached hydrogens (tertiary/aromatic N) is 2. The van der Waals surface area contributed by atoms with Gasteiger partial charge in [0.15, 0.2) is 5.78 Å². The minimum atomic E-state index is -6.30. The van der Waals surface area contributed by atoms with E-state index in [0.717, 1.165) is 19.2 Å². The van der Waals surface area contributed by atoms with Gasteiger partial charge in [0.05, 0.1) is 22.9 Å². The quantitative estimate of drug-likeness (QED) is 0.391. The topological polar surface area (TPSA) is 66.8 Å². The van der Waals surface area contributed by atoms with Crippen LogP contribution >= 0.6 is 11.6 Å². The van der Waals surface area contributed by atoms with Gasteiger partial charge in [0.2, 0.25) is 0 Å². The van der Waals surface area contributed by atoms with E-state index in [2.05, 4.69) is 4.99 Å². The molecule has 0 saturated carbocycles. The van der Waals surface area contributed by atoms with Crippen molar-refractivity contribution in [3.63, 3.8) is 0 Å². The number of benzene rings is 2. The lowest BCUT2D eigenvalue weighted by molar-refractivity contribution is -0.348. The van der Waals surface area contributed by atoms with Crippen molar-refractivity contribution in [1.82, 2.24) is 0 Å². The Morgan fingerprint density at radius 1 is 1.00 bits per heavy atom. The summed E-state index contributed by atoms with van der Waals surface area (Å²) >= 11 is 6.36. The second-order valence-electron chi connectivity index (χ2n) is 9.64. The van der Waals surface area contributed by atoms with Crippen molar-refractivity contribution in [2.75, 3.05) is 23.5 Å². The fraction of sp³-hybridized carbons (Fsp3) is 0.417. The molecule has 0 aliphatic carbocycles. The van der Waals surface area contributed by atoms with Crippen molar-refractivity contribution in [1.29, 1.82) is 0 Å². The van der Waals surface area contributed by atoms with Gasteiger partial charge in [-0.05, 0) is 38.5 Å². The highest BCUT2D eigenvalue weighted by atomic mass is 35.5. The Hall–Kier alpha value is -2.67. The Labute approximate surface area is 219 Å². The summed E-state index contributed by atoms with van der Waals surface area (Å²) in [4.78, 5) is 18.7. The number of aliphatic imine (C=N–C) groups is 1. The van der Waals surface area contributed by atoms with Crippen molar-refractivity contribution in [3.8, 4) is 0 Å². The number of amidine groups is 1. The molecule has 1 aliphatic rings. The second kappa shape index (κ2) is 9.51. The number of fused-ring (bicyclic) bond motifs is 1. The fourth-order valence-corrected chi connectivity index (χ4v) is 5.97. The molecule has 0 radical (unpaired) electrons. The maximum Gasteiger partial charge on any atom is 0.435 e. The van der Waals surface area contributed by atoms with Gasteiger partial charge in [-0.15, -0.1) is 0 Å². The van der Waals surface area contributed by atoms with E-state index >= 15 is 0 Å². The van der Waals surface area contributed by atoms with Crippen LogP contribution in [0.1, 0.15) is 40.9 Å². The molecule has 0 spiro atoms. The van der Waals surface area contributed by atoms with Gasteiger partial charge in [-0.1, -0.05) is 35.9 Å². The Morgan fingerprint density at radius 2 is 1.58 bits per heavy atom. The van der Waals surface area contributed by atoms with Crippen LogP contribution in [0.15, 0.2) is 41.4 Å². The lowest BCUT2D eigenvalue weighted by Crippen LogP contribution is -2.50. The molecule has 0 unspecified atom stereocenters. The minimum absolute atomic E-state index is 0.0205. The number of aryl methyl sites for hydroxylation is 1. The third-order valence-electron chi connectivity index (χ3n) is 5.79. The first-order valence-corrected chi connectivity index (χ1v) is 13.3. The molecule has 0 amide bonds. The van der Waals surface area contributed by atoms with Crippen LogP contribution in [0.25, 0.3) is 0 Å². The van der Waals surface area contributed by atoms with Gasteiger partial charge in [-0.3, -0.25) is 9.79 Å². The van der Waals surface area contributed by atoms with Crippen LogP contribution in [0.5, 0.6) is 0 Å². The van der Waals surface area contributed by atoms with E-state index in [-0.39, 0.29) is 33.2 Å². The Bertz CT molecular complexity index is 1400. The van der Waals surface area contributed by atoms with Crippen LogP contribution in [-0.4, -0.2) is 56.5 Å². The minimum Gasteiger partial charge on any atom is -0.318 e. The maximum absolute atomic E-state index is 14.6. The normalized spacial score (nSPS) is 16.7. The first-order chi connectivity index (χ1) is 17.1. The van der Waals surface area contributed by atoms with E-state index in [1.807, 2.05) is 0 Å². The molecule has 0 saturated heterocycles. The van der Waals surface area contributed by atoms with Crippen LogP contribution in [-0.2, 0) is 15.5 Å². The third-order valence-corrected chi connectivity index (χ3v) is 7.33. The number of alkyl halides is 7. The Kier molecular flexibility index (Phi) is 7.48. The zero-order valence-corrected chi connectivity index (χ0v) is 22.0. The van der Waals surface area contributed by atoms with Crippen LogP contribution in [0.3, 0.4) is 0 Å². The molecule has 0 atom stereocenters. The molecule has 0 aromatic heterocycles. The Morgan fingerprint density at radius 3 is 2.08 bits per heavy atom. The van der Waals surface area contributed by atoms with Crippen LogP contribution in [0.4, 0.5) is 36.4 Å². The highest BCUT2D eigenvalue weighted by molar-refractivity contribution is 7.90. The molecule has 0 N–H and O–H groups in total. The molecule has 38 heavy (non-hydrogen) atoms. The highest BCUT2D eigenvalue weighted by Crippen LogP contribution is 2.53. The fourth-order valence-electron chi connectivity index (χ4n) is 4.36. The van der Waals surface area contributed by atoms with Crippen LogP contribution in [0.2, 0.25) is 5.02 Å². The number of halogens is 8. The largest absolute Gasteiger partial charge is 0.435 e. The number of hydrogen-bond donors (Lipinski definition) is 0. The highest BCUT2D eigenvalue weighted by Gasteiger charge is 2.73. The molecule has 3 rings (SSSR count). The smallest absolute Gasteiger partial charge is 0.318 e. The van der Waals surface area contributed by atoms with Gasteiger partial charge < -0.3 is 4.90 Å². The molecule has 1 heterocycles. The number of carbonyl (C=O) groups is 1. The summed E-state index contributed by atoms with van der Waals surface area (Å²) in [5.41, 5.74) is -8.62. The average molecular weight is 587 g/mol. The summed E-state index contributed by atoms with van der Waals surface area (Å²) < 4.78 is 118. The lowest BCUT2D eigenvalue weighted by atomic mass is 9.91. The van der Waals surface area contributed by atoms with Gasteiger partial charge in [0.1, 0.15) is 15.7 Å². The number of anilines is 1. The summed E-state index contributed by atoms with van der Waals surface area (Å²) in [7, 11) is -3.55. The molecule has 0 fully saturated rings. The maximum atomic E-state index is 14.6. The van der Waals surface area contributed by atoms with E-state index in [1.165, 1.54) is 36.9 Å². The standard InChI is InChI=1S/C24H22ClF7N2O3S/c1-13-10-14(22(26,23(27,28)29)24(30,31)32)8-9-17(13)34-11-18(35)15-6-5-7-16(25)19(15)20(34)33-21(2,3)12-38(4,36)37/h5-10H,11-12H2,1-4H3. The molecule has 0 bridgehead atoms. The van der Waals surface area contributed by atoms with Crippen molar-refractivity contribution < 1.29 is 43.9 Å². The summed E-state index contributed by atoms with van der Waals surface area (Å²) in [5, 5.41) is 0.0562. The summed E-state index contributed by atoms with van der Waals surface area (Å²) in [6.45, 7) is 3.69. The van der Waals surface area contributed by atoms with Crippen molar-refractivity contribution in [2.45, 2.75) is 44.3 Å². The molecule has 14 heteroatoms. The predicted molar refractivity (Wildman–Crippen MR) is 130 cm³/mol. The van der Waals surface area contributed by atoms with Crippen molar-refractivity contribution in [2.24, 2.45) is 4.99 Å². The summed E-state index contributed by atoms with van der Waals surface area (Å²) in [5.74, 6) is -0.936.